The van der Waals surface area contributed by atoms with Crippen LogP contribution in [0.25, 0.3) is 0 Å². The Balaban J connectivity index is 1.96. The molecule has 10 heteroatoms. The van der Waals surface area contributed by atoms with Gasteiger partial charge in [0.1, 0.15) is 0 Å². The second kappa shape index (κ2) is 10.8. The molecule has 1 heterocycles. The lowest BCUT2D eigenvalue weighted by atomic mass is 9.83. The van der Waals surface area contributed by atoms with Crippen molar-refractivity contribution in [1.82, 2.24) is 0 Å². The van der Waals surface area contributed by atoms with E-state index in [1.165, 1.54) is 0 Å². The number of hydrogen-bond acceptors (Lipinski definition) is 7. The summed E-state index contributed by atoms with van der Waals surface area (Å²) in [5, 5.41) is 0.632. The van der Waals surface area contributed by atoms with Gasteiger partial charge in [-0.2, -0.15) is 0 Å². The fraction of sp³-hybridized carbons (Fsp3) is 0.455. The van der Waals surface area contributed by atoms with Crippen LogP contribution in [0.5, 0.6) is 0 Å². The van der Waals surface area contributed by atoms with Crippen LogP contribution >= 0.6 is 25.9 Å². The summed E-state index contributed by atoms with van der Waals surface area (Å²) in [5.74, 6) is -1.08. The summed E-state index contributed by atoms with van der Waals surface area (Å²) in [6.07, 6.45) is -0.394. The standard InChI is InChI=1S/C22H29ClO6P2S/c1-5-25-30(24,26-6-2)21(18-10-8-7-9-11-18)29-31(32)27-16-22(3,4)20(28-31)17-12-14-19(23)15-13-17/h7-15,20-21H,5-6,16H2,1-4H3/t20-,21?,31+/m0/s1. The Labute approximate surface area is 200 Å². The van der Waals surface area contributed by atoms with E-state index in [0.29, 0.717) is 17.2 Å². The van der Waals surface area contributed by atoms with E-state index in [9.17, 15) is 4.57 Å². The van der Waals surface area contributed by atoms with E-state index in [1.54, 1.807) is 38.1 Å². The Bertz CT molecular complexity index is 976. The van der Waals surface area contributed by atoms with Crippen LogP contribution in [-0.2, 0) is 39.0 Å². The molecule has 6 nitrogen and oxygen atoms in total. The summed E-state index contributed by atoms with van der Waals surface area (Å²) in [6, 6.07) is 16.5. The highest BCUT2D eigenvalue weighted by Gasteiger charge is 2.48. The minimum absolute atomic E-state index is 0.189. The summed E-state index contributed by atoms with van der Waals surface area (Å²) in [6.45, 7) is 4.93. The quantitative estimate of drug-likeness (QED) is 0.316. The van der Waals surface area contributed by atoms with Crippen molar-refractivity contribution < 1.29 is 27.2 Å². The van der Waals surface area contributed by atoms with Gasteiger partial charge >= 0.3 is 14.3 Å². The molecule has 0 amide bonds. The molecule has 1 fully saturated rings. The highest BCUT2D eigenvalue weighted by Crippen LogP contribution is 2.71. The molecular formula is C22H29ClO6P2S. The fourth-order valence-corrected chi connectivity index (χ4v) is 8.52. The minimum atomic E-state index is -3.73. The molecule has 3 rings (SSSR count). The summed E-state index contributed by atoms with van der Waals surface area (Å²) in [4.78, 5) is 0. The molecule has 1 unspecified atom stereocenters. The highest BCUT2D eigenvalue weighted by atomic mass is 35.5. The Kier molecular flexibility index (Phi) is 8.76. The number of benzene rings is 2. The summed E-state index contributed by atoms with van der Waals surface area (Å²) in [7, 11) is -3.73. The first-order valence-electron chi connectivity index (χ1n) is 10.4. The zero-order valence-corrected chi connectivity index (χ0v) is 22.0. The fourth-order valence-electron chi connectivity index (χ4n) is 3.40. The van der Waals surface area contributed by atoms with E-state index in [1.807, 2.05) is 44.2 Å². The van der Waals surface area contributed by atoms with Crippen molar-refractivity contribution >= 4 is 37.7 Å². The first-order valence-corrected chi connectivity index (χ1v) is 15.0. The van der Waals surface area contributed by atoms with Crippen LogP contribution < -0.4 is 0 Å². The molecule has 1 aliphatic heterocycles. The van der Waals surface area contributed by atoms with Gasteiger partial charge in [0, 0.05) is 10.4 Å². The predicted octanol–water partition coefficient (Wildman–Crippen LogP) is 7.66. The Morgan fingerprint density at radius 1 is 1.12 bits per heavy atom. The summed E-state index contributed by atoms with van der Waals surface area (Å²) < 4.78 is 43.5. The molecule has 176 valence electrons. The monoisotopic (exact) mass is 518 g/mol. The first kappa shape index (κ1) is 26.0. The molecule has 0 radical (unpaired) electrons. The van der Waals surface area contributed by atoms with Gasteiger partial charge in [-0.3, -0.25) is 13.6 Å². The molecule has 0 spiro atoms. The zero-order chi connectivity index (χ0) is 23.4. The van der Waals surface area contributed by atoms with Crippen LogP contribution in [0.2, 0.25) is 5.02 Å². The van der Waals surface area contributed by atoms with Crippen LogP contribution in [0, 0.1) is 5.41 Å². The summed E-state index contributed by atoms with van der Waals surface area (Å²) >= 11 is 11.8. The lowest BCUT2D eigenvalue weighted by molar-refractivity contribution is -0.0416. The topological polar surface area (TPSA) is 63.2 Å². The van der Waals surface area contributed by atoms with Crippen molar-refractivity contribution in [1.29, 1.82) is 0 Å². The van der Waals surface area contributed by atoms with Crippen molar-refractivity contribution in [2.75, 3.05) is 19.8 Å². The molecule has 2 aromatic rings. The van der Waals surface area contributed by atoms with E-state index >= 15 is 0 Å². The predicted molar refractivity (Wildman–Crippen MR) is 130 cm³/mol. The van der Waals surface area contributed by atoms with Crippen LogP contribution in [-0.4, -0.2) is 19.8 Å². The van der Waals surface area contributed by atoms with E-state index in [4.69, 9.17) is 46.0 Å². The lowest BCUT2D eigenvalue weighted by Crippen LogP contribution is -2.33. The Morgan fingerprint density at radius 2 is 1.72 bits per heavy atom. The van der Waals surface area contributed by atoms with Gasteiger partial charge < -0.3 is 13.6 Å². The average molecular weight is 519 g/mol. The maximum atomic E-state index is 13.7. The lowest BCUT2D eigenvalue weighted by Gasteiger charge is -2.43. The Morgan fingerprint density at radius 3 is 2.28 bits per heavy atom. The van der Waals surface area contributed by atoms with Gasteiger partial charge in [-0.15, -0.1) is 0 Å². The molecule has 0 aliphatic carbocycles. The normalized spacial score (nSPS) is 24.2. The van der Waals surface area contributed by atoms with Crippen LogP contribution in [0.4, 0.5) is 0 Å². The molecule has 2 aromatic carbocycles. The van der Waals surface area contributed by atoms with Crippen LogP contribution in [0.3, 0.4) is 0 Å². The van der Waals surface area contributed by atoms with E-state index in [2.05, 4.69) is 0 Å². The van der Waals surface area contributed by atoms with Crippen molar-refractivity contribution in [2.24, 2.45) is 5.41 Å². The van der Waals surface area contributed by atoms with Gasteiger partial charge in [0.25, 0.3) is 0 Å². The molecule has 3 atom stereocenters. The van der Waals surface area contributed by atoms with Crippen molar-refractivity contribution in [3.8, 4) is 0 Å². The third kappa shape index (κ3) is 6.09. The van der Waals surface area contributed by atoms with E-state index < -0.39 is 26.3 Å². The van der Waals surface area contributed by atoms with Gasteiger partial charge in [0.2, 0.25) is 0 Å². The molecule has 1 aliphatic rings. The van der Waals surface area contributed by atoms with Gasteiger partial charge in [-0.05, 0) is 48.9 Å². The molecule has 32 heavy (non-hydrogen) atoms. The van der Waals surface area contributed by atoms with Crippen LogP contribution in [0.1, 0.15) is 50.8 Å². The molecular weight excluding hydrogens is 490 g/mol. The zero-order valence-electron chi connectivity index (χ0n) is 18.6. The highest BCUT2D eigenvalue weighted by molar-refractivity contribution is 8.07. The molecule has 0 aromatic heterocycles. The number of hydrogen-bond donors (Lipinski definition) is 0. The second-order valence-corrected chi connectivity index (χ2v) is 13.4. The molecule has 1 saturated heterocycles. The van der Waals surface area contributed by atoms with E-state index in [-0.39, 0.29) is 18.6 Å². The maximum Gasteiger partial charge on any atom is 0.364 e. The van der Waals surface area contributed by atoms with Crippen molar-refractivity contribution in [3.63, 3.8) is 0 Å². The van der Waals surface area contributed by atoms with Gasteiger partial charge in [-0.25, -0.2) is 0 Å². The van der Waals surface area contributed by atoms with Crippen molar-refractivity contribution in [3.05, 3.63) is 70.7 Å². The van der Waals surface area contributed by atoms with Crippen LogP contribution in [0.15, 0.2) is 54.6 Å². The molecule has 0 N–H and O–H groups in total. The minimum Gasteiger partial charge on any atom is -0.308 e. The SMILES string of the molecule is CCOP(=O)(OCC)C(O[P@@]1(=S)OCC(C)(C)[C@H](c2ccc(Cl)cc2)O1)c1ccccc1. The average Bonchev–Trinajstić information content (AvgIpc) is 2.76. The second-order valence-electron chi connectivity index (χ2n) is 7.99. The molecule has 0 saturated carbocycles. The third-order valence-electron chi connectivity index (χ3n) is 4.93. The maximum absolute atomic E-state index is 13.7. The summed E-state index contributed by atoms with van der Waals surface area (Å²) in [5.41, 5.74) is 1.15. The first-order chi connectivity index (χ1) is 15.1. The smallest absolute Gasteiger partial charge is 0.308 e. The third-order valence-corrected chi connectivity index (χ3v) is 9.78. The van der Waals surface area contributed by atoms with Gasteiger partial charge in [-0.1, -0.05) is 67.9 Å². The van der Waals surface area contributed by atoms with Crippen molar-refractivity contribution in [2.45, 2.75) is 39.6 Å². The Hall–Kier alpha value is -0.590. The largest absolute Gasteiger partial charge is 0.364 e. The molecule has 0 bridgehead atoms. The number of halogens is 1. The van der Waals surface area contributed by atoms with Gasteiger partial charge in [0.15, 0.2) is 5.85 Å². The number of rotatable bonds is 9. The van der Waals surface area contributed by atoms with Gasteiger partial charge in [0.05, 0.1) is 25.9 Å². The van der Waals surface area contributed by atoms with E-state index in [0.717, 1.165) is 5.56 Å².